The SMILES string of the molecule is CCCCC[C@@H](O)/C=C/[C@@H]1[C@H](C/C=C\CC(=O)OC[C@@H](O)COC(=O)CCCCCCCCCCCCC(C)C)[C@@H](O)C[C@H]1O. The van der Waals surface area contributed by atoms with Crippen molar-refractivity contribution in [1.29, 1.82) is 0 Å². The number of hydrogen-bond acceptors (Lipinski definition) is 8. The van der Waals surface area contributed by atoms with E-state index in [9.17, 15) is 30.0 Å². The molecule has 0 heterocycles. The summed E-state index contributed by atoms with van der Waals surface area (Å²) in [5.74, 6) is -0.519. The molecule has 0 aromatic carbocycles. The van der Waals surface area contributed by atoms with Gasteiger partial charge < -0.3 is 29.9 Å². The van der Waals surface area contributed by atoms with Crippen molar-refractivity contribution in [2.45, 2.75) is 167 Å². The average molecular weight is 639 g/mol. The van der Waals surface area contributed by atoms with E-state index in [4.69, 9.17) is 9.47 Å². The Kier molecular flexibility index (Phi) is 24.2. The Balaban J connectivity index is 2.12. The Bertz CT molecular complexity index is 810. The summed E-state index contributed by atoms with van der Waals surface area (Å²) in [6.45, 7) is 6.22. The molecule has 0 bridgehead atoms. The number of aliphatic hydroxyl groups is 4. The summed E-state index contributed by atoms with van der Waals surface area (Å²) in [5, 5.41) is 41.0. The summed E-state index contributed by atoms with van der Waals surface area (Å²) in [6, 6.07) is 0. The number of ether oxygens (including phenoxy) is 2. The molecule has 0 aromatic heterocycles. The van der Waals surface area contributed by atoms with Gasteiger partial charge in [0.2, 0.25) is 0 Å². The summed E-state index contributed by atoms with van der Waals surface area (Å²) in [5.41, 5.74) is 0. The van der Waals surface area contributed by atoms with Gasteiger partial charge in [0.1, 0.15) is 19.3 Å². The molecule has 1 fully saturated rings. The van der Waals surface area contributed by atoms with E-state index in [1.807, 2.05) is 6.08 Å². The van der Waals surface area contributed by atoms with Crippen LogP contribution < -0.4 is 0 Å². The first-order valence-corrected chi connectivity index (χ1v) is 18.0. The van der Waals surface area contributed by atoms with Crippen molar-refractivity contribution in [1.82, 2.24) is 0 Å². The minimum atomic E-state index is -1.08. The zero-order valence-corrected chi connectivity index (χ0v) is 28.6. The van der Waals surface area contributed by atoms with Crippen molar-refractivity contribution >= 4 is 11.9 Å². The van der Waals surface area contributed by atoms with Gasteiger partial charge in [-0.3, -0.25) is 9.59 Å². The zero-order chi connectivity index (χ0) is 33.3. The molecule has 0 radical (unpaired) electrons. The Hall–Kier alpha value is -1.74. The average Bonchev–Trinajstić information content (AvgIpc) is 3.27. The lowest BCUT2D eigenvalue weighted by molar-refractivity contribution is -0.151. The van der Waals surface area contributed by atoms with Crippen LogP contribution >= 0.6 is 0 Å². The quantitative estimate of drug-likeness (QED) is 0.0431. The van der Waals surface area contributed by atoms with Gasteiger partial charge in [-0.15, -0.1) is 0 Å². The molecular weight excluding hydrogens is 572 g/mol. The van der Waals surface area contributed by atoms with Crippen LogP contribution in [0.4, 0.5) is 0 Å². The highest BCUT2D eigenvalue weighted by molar-refractivity contribution is 5.71. The fraction of sp³-hybridized carbons (Fsp3) is 0.838. The van der Waals surface area contributed by atoms with Crippen LogP contribution in [0.25, 0.3) is 0 Å². The third-order valence-electron chi connectivity index (χ3n) is 8.72. The highest BCUT2D eigenvalue weighted by Crippen LogP contribution is 2.36. The minimum Gasteiger partial charge on any atom is -0.463 e. The summed E-state index contributed by atoms with van der Waals surface area (Å²) in [7, 11) is 0. The molecule has 0 spiro atoms. The number of unbranched alkanes of at least 4 members (excludes halogenated alkanes) is 11. The number of carbonyl (C=O) groups excluding carboxylic acids is 2. The largest absolute Gasteiger partial charge is 0.463 e. The molecule has 1 saturated carbocycles. The maximum absolute atomic E-state index is 12.1. The second-order valence-electron chi connectivity index (χ2n) is 13.5. The van der Waals surface area contributed by atoms with Gasteiger partial charge in [0.15, 0.2) is 0 Å². The van der Waals surface area contributed by atoms with E-state index >= 15 is 0 Å². The van der Waals surface area contributed by atoms with Crippen molar-refractivity contribution in [3.8, 4) is 0 Å². The second kappa shape index (κ2) is 26.3. The van der Waals surface area contributed by atoms with Gasteiger partial charge in [-0.05, 0) is 31.1 Å². The van der Waals surface area contributed by atoms with Gasteiger partial charge in [0, 0.05) is 18.8 Å². The zero-order valence-electron chi connectivity index (χ0n) is 28.6. The lowest BCUT2D eigenvalue weighted by atomic mass is 9.89. The normalized spacial score (nSPS) is 21.6. The summed E-state index contributed by atoms with van der Waals surface area (Å²) < 4.78 is 10.2. The number of aliphatic hydroxyl groups excluding tert-OH is 4. The predicted molar refractivity (Wildman–Crippen MR) is 179 cm³/mol. The van der Waals surface area contributed by atoms with Crippen LogP contribution in [0.3, 0.4) is 0 Å². The fourth-order valence-electron chi connectivity index (χ4n) is 5.89. The maximum atomic E-state index is 12.1. The molecule has 45 heavy (non-hydrogen) atoms. The lowest BCUT2D eigenvalue weighted by Gasteiger charge is -2.19. The molecule has 8 heteroatoms. The number of hydrogen-bond donors (Lipinski definition) is 4. The van der Waals surface area contributed by atoms with E-state index in [0.717, 1.165) is 44.4 Å². The molecule has 6 atom stereocenters. The van der Waals surface area contributed by atoms with E-state index in [1.165, 1.54) is 51.4 Å². The Morgan fingerprint density at radius 1 is 0.756 bits per heavy atom. The van der Waals surface area contributed by atoms with Gasteiger partial charge in [0.05, 0.1) is 24.7 Å². The molecule has 0 aromatic rings. The highest BCUT2D eigenvalue weighted by atomic mass is 16.6. The monoisotopic (exact) mass is 638 g/mol. The lowest BCUT2D eigenvalue weighted by Crippen LogP contribution is -2.25. The van der Waals surface area contributed by atoms with Crippen molar-refractivity contribution in [3.63, 3.8) is 0 Å². The summed E-state index contributed by atoms with van der Waals surface area (Å²) in [6.07, 6.45) is 22.2. The Labute approximate surface area is 273 Å². The van der Waals surface area contributed by atoms with Crippen molar-refractivity contribution < 1.29 is 39.5 Å². The predicted octanol–water partition coefficient (Wildman–Crippen LogP) is 6.96. The molecule has 0 amide bonds. The maximum Gasteiger partial charge on any atom is 0.309 e. The van der Waals surface area contributed by atoms with Crippen LogP contribution in [0.1, 0.15) is 143 Å². The Morgan fingerprint density at radius 3 is 1.96 bits per heavy atom. The van der Waals surface area contributed by atoms with Gasteiger partial charge in [-0.2, -0.15) is 0 Å². The number of rotatable bonds is 27. The number of esters is 2. The Morgan fingerprint density at radius 2 is 1.33 bits per heavy atom. The third kappa shape index (κ3) is 21.6. The van der Waals surface area contributed by atoms with Gasteiger partial charge in [-0.1, -0.05) is 129 Å². The van der Waals surface area contributed by atoms with E-state index in [2.05, 4.69) is 20.8 Å². The number of allylic oxidation sites excluding steroid dienone is 1. The molecule has 1 aliphatic carbocycles. The summed E-state index contributed by atoms with van der Waals surface area (Å²) in [4.78, 5) is 24.0. The van der Waals surface area contributed by atoms with Gasteiger partial charge >= 0.3 is 11.9 Å². The van der Waals surface area contributed by atoms with Crippen molar-refractivity contribution in [2.75, 3.05) is 13.2 Å². The van der Waals surface area contributed by atoms with E-state index in [1.54, 1.807) is 18.2 Å². The van der Waals surface area contributed by atoms with E-state index in [0.29, 0.717) is 19.3 Å². The molecule has 1 aliphatic rings. The van der Waals surface area contributed by atoms with Crippen LogP contribution in [0.15, 0.2) is 24.3 Å². The standard InChI is InChI=1S/C37H66O8/c1-4-5-14-20-30(38)24-25-33-32(34(40)26-35(33)41)21-17-18-23-37(43)45-28-31(39)27-44-36(42)22-16-13-11-9-7-6-8-10-12-15-19-29(2)3/h17-18,24-25,29-35,38-41H,4-16,19-23,26-28H2,1-3H3/b18-17-,25-24+/t30-,31+,32+,33-,34+,35-/m1/s1. The molecule has 262 valence electrons. The fourth-order valence-corrected chi connectivity index (χ4v) is 5.89. The third-order valence-corrected chi connectivity index (χ3v) is 8.72. The first kappa shape index (κ1) is 41.3. The molecular formula is C37H66O8. The smallest absolute Gasteiger partial charge is 0.309 e. The summed E-state index contributed by atoms with van der Waals surface area (Å²) >= 11 is 0. The van der Waals surface area contributed by atoms with Crippen LogP contribution in [-0.2, 0) is 19.1 Å². The van der Waals surface area contributed by atoms with Gasteiger partial charge in [0.25, 0.3) is 0 Å². The molecule has 8 nitrogen and oxygen atoms in total. The first-order valence-electron chi connectivity index (χ1n) is 18.0. The molecule has 0 unspecified atom stereocenters. The van der Waals surface area contributed by atoms with Crippen LogP contribution in [0.5, 0.6) is 0 Å². The van der Waals surface area contributed by atoms with Gasteiger partial charge in [-0.25, -0.2) is 0 Å². The topological polar surface area (TPSA) is 134 Å². The minimum absolute atomic E-state index is 0.00677. The highest BCUT2D eigenvalue weighted by Gasteiger charge is 2.39. The van der Waals surface area contributed by atoms with Crippen LogP contribution in [0.2, 0.25) is 0 Å². The van der Waals surface area contributed by atoms with Crippen LogP contribution in [0, 0.1) is 17.8 Å². The molecule has 0 aliphatic heterocycles. The van der Waals surface area contributed by atoms with E-state index < -0.39 is 30.4 Å². The van der Waals surface area contributed by atoms with Crippen molar-refractivity contribution in [2.24, 2.45) is 17.8 Å². The van der Waals surface area contributed by atoms with Crippen LogP contribution in [-0.4, -0.2) is 70.0 Å². The molecule has 4 N–H and O–H groups in total. The van der Waals surface area contributed by atoms with E-state index in [-0.39, 0.29) is 43.9 Å². The van der Waals surface area contributed by atoms with Crippen molar-refractivity contribution in [3.05, 3.63) is 24.3 Å². The molecule has 1 rings (SSSR count). The first-order chi connectivity index (χ1) is 21.6. The number of carbonyl (C=O) groups is 2. The molecule has 0 saturated heterocycles. The second-order valence-corrected chi connectivity index (χ2v) is 13.5.